The molecule has 0 N–H and O–H groups in total. The highest BCUT2D eigenvalue weighted by Crippen LogP contribution is 2.43. The second kappa shape index (κ2) is 5.00. The second-order valence-corrected chi connectivity index (χ2v) is 5.32. The summed E-state index contributed by atoms with van der Waals surface area (Å²) >= 11 is 0. The lowest BCUT2D eigenvalue weighted by molar-refractivity contribution is -0.107. The van der Waals surface area contributed by atoms with Gasteiger partial charge in [-0.15, -0.1) is 6.42 Å². The highest BCUT2D eigenvalue weighted by Gasteiger charge is 2.38. The van der Waals surface area contributed by atoms with Gasteiger partial charge in [-0.25, -0.2) is 0 Å². The Hall–Kier alpha value is -1.52. The van der Waals surface area contributed by atoms with Crippen LogP contribution in [0, 0.1) is 18.3 Å². The fraction of sp³-hybridized carbons (Fsp3) is 0.412. The van der Waals surface area contributed by atoms with Crippen molar-refractivity contribution < 1.29 is 4.74 Å². The Morgan fingerprint density at radius 1 is 1.44 bits per heavy atom. The molecule has 1 aromatic carbocycles. The molecule has 1 nitrogen and oxygen atoms in total. The van der Waals surface area contributed by atoms with Gasteiger partial charge in [0.2, 0.25) is 0 Å². The quantitative estimate of drug-likeness (QED) is 0.558. The molecular weight excluding hydrogens is 220 g/mol. The lowest BCUT2D eigenvalue weighted by Crippen LogP contribution is -2.37. The van der Waals surface area contributed by atoms with Crippen molar-refractivity contribution in [2.24, 2.45) is 5.92 Å². The first-order chi connectivity index (χ1) is 8.56. The molecule has 0 amide bonds. The van der Waals surface area contributed by atoms with Gasteiger partial charge in [0, 0.05) is 5.92 Å². The van der Waals surface area contributed by atoms with Crippen molar-refractivity contribution in [2.75, 3.05) is 0 Å². The van der Waals surface area contributed by atoms with Crippen molar-refractivity contribution in [3.8, 4) is 12.3 Å². The minimum atomic E-state index is -0.452. The van der Waals surface area contributed by atoms with Crippen LogP contribution in [0.2, 0.25) is 0 Å². The standard InChI is InChI=1S/C17H20O/c1-5-17(4)12-11-15(13(2)3)16(18-17)14-9-7-6-8-10-14/h1,6-10,15-16H,2,11-12H2,3-4H3. The molecule has 18 heavy (non-hydrogen) atoms. The summed E-state index contributed by atoms with van der Waals surface area (Å²) in [7, 11) is 0. The minimum Gasteiger partial charge on any atom is -0.354 e. The molecule has 0 saturated carbocycles. The van der Waals surface area contributed by atoms with Crippen molar-refractivity contribution >= 4 is 0 Å². The summed E-state index contributed by atoms with van der Waals surface area (Å²) in [5.74, 6) is 3.14. The average Bonchev–Trinajstić information content (AvgIpc) is 2.39. The number of hydrogen-bond acceptors (Lipinski definition) is 1. The van der Waals surface area contributed by atoms with E-state index >= 15 is 0 Å². The molecular formula is C17H20O. The maximum atomic E-state index is 6.19. The molecule has 1 aromatic rings. The van der Waals surface area contributed by atoms with Crippen LogP contribution < -0.4 is 0 Å². The lowest BCUT2D eigenvalue weighted by Gasteiger charge is -2.41. The zero-order valence-electron chi connectivity index (χ0n) is 11.1. The van der Waals surface area contributed by atoms with Gasteiger partial charge in [-0.3, -0.25) is 0 Å². The maximum Gasteiger partial charge on any atom is 0.126 e. The summed E-state index contributed by atoms with van der Waals surface area (Å²) in [6.07, 6.45) is 7.56. The largest absolute Gasteiger partial charge is 0.354 e. The Kier molecular flexibility index (Phi) is 3.59. The number of hydrogen-bond donors (Lipinski definition) is 0. The Morgan fingerprint density at radius 2 is 2.11 bits per heavy atom. The molecule has 1 saturated heterocycles. The zero-order chi connectivity index (χ0) is 13.2. The third kappa shape index (κ3) is 2.49. The predicted octanol–water partition coefficient (Wildman–Crippen LogP) is 4.12. The Balaban J connectivity index is 2.32. The smallest absolute Gasteiger partial charge is 0.126 e. The number of rotatable bonds is 2. The molecule has 0 spiro atoms. The predicted molar refractivity (Wildman–Crippen MR) is 75.0 cm³/mol. The Bertz CT molecular complexity index is 468. The topological polar surface area (TPSA) is 9.23 Å². The zero-order valence-corrected chi connectivity index (χ0v) is 11.1. The van der Waals surface area contributed by atoms with Crippen molar-refractivity contribution in [1.29, 1.82) is 0 Å². The van der Waals surface area contributed by atoms with Crippen LogP contribution in [0.5, 0.6) is 0 Å². The highest BCUT2D eigenvalue weighted by atomic mass is 16.5. The summed E-state index contributed by atoms with van der Waals surface area (Å²) < 4.78 is 6.19. The van der Waals surface area contributed by atoms with Crippen LogP contribution in [0.3, 0.4) is 0 Å². The van der Waals surface area contributed by atoms with Crippen molar-refractivity contribution in [3.05, 3.63) is 48.0 Å². The van der Waals surface area contributed by atoms with E-state index in [1.54, 1.807) is 0 Å². The van der Waals surface area contributed by atoms with Crippen molar-refractivity contribution in [3.63, 3.8) is 0 Å². The van der Waals surface area contributed by atoms with E-state index in [0.29, 0.717) is 5.92 Å². The van der Waals surface area contributed by atoms with Gasteiger partial charge in [0.15, 0.2) is 0 Å². The number of terminal acetylenes is 1. The summed E-state index contributed by atoms with van der Waals surface area (Å²) in [5, 5.41) is 0. The SMILES string of the molecule is C#CC1(C)CCC(C(=C)C)C(c2ccccc2)O1. The van der Waals surface area contributed by atoms with E-state index < -0.39 is 5.60 Å². The van der Waals surface area contributed by atoms with Crippen LogP contribution >= 0.6 is 0 Å². The van der Waals surface area contributed by atoms with E-state index in [4.69, 9.17) is 11.2 Å². The summed E-state index contributed by atoms with van der Waals surface area (Å²) in [6, 6.07) is 10.3. The molecule has 1 aliphatic heterocycles. The molecule has 94 valence electrons. The van der Waals surface area contributed by atoms with Gasteiger partial charge in [-0.05, 0) is 32.3 Å². The summed E-state index contributed by atoms with van der Waals surface area (Å²) in [6.45, 7) is 8.17. The summed E-state index contributed by atoms with van der Waals surface area (Å²) in [4.78, 5) is 0. The molecule has 2 rings (SSSR count). The van der Waals surface area contributed by atoms with E-state index in [0.717, 1.165) is 12.8 Å². The first-order valence-electron chi connectivity index (χ1n) is 6.42. The molecule has 3 atom stereocenters. The Morgan fingerprint density at radius 3 is 2.67 bits per heavy atom. The molecule has 1 heteroatoms. The number of benzene rings is 1. The molecule has 0 radical (unpaired) electrons. The second-order valence-electron chi connectivity index (χ2n) is 5.32. The number of ether oxygens (including phenoxy) is 1. The van der Waals surface area contributed by atoms with Crippen LogP contribution in [0.4, 0.5) is 0 Å². The fourth-order valence-corrected chi connectivity index (χ4v) is 2.56. The lowest BCUT2D eigenvalue weighted by atomic mass is 9.80. The minimum absolute atomic E-state index is 0.0264. The van der Waals surface area contributed by atoms with Gasteiger partial charge < -0.3 is 4.74 Å². The fourth-order valence-electron chi connectivity index (χ4n) is 2.56. The van der Waals surface area contributed by atoms with E-state index in [-0.39, 0.29) is 6.10 Å². The van der Waals surface area contributed by atoms with E-state index in [1.165, 1.54) is 11.1 Å². The van der Waals surface area contributed by atoms with Crippen molar-refractivity contribution in [2.45, 2.75) is 38.4 Å². The van der Waals surface area contributed by atoms with Crippen LogP contribution in [0.25, 0.3) is 0 Å². The maximum absolute atomic E-state index is 6.19. The van der Waals surface area contributed by atoms with E-state index in [2.05, 4.69) is 31.6 Å². The molecule has 3 unspecified atom stereocenters. The Labute approximate surface area is 110 Å². The van der Waals surface area contributed by atoms with Gasteiger partial charge >= 0.3 is 0 Å². The molecule has 0 aliphatic carbocycles. The first kappa shape index (κ1) is 12.9. The molecule has 0 aromatic heterocycles. The normalized spacial score (nSPS) is 31.6. The van der Waals surface area contributed by atoms with E-state index in [9.17, 15) is 0 Å². The van der Waals surface area contributed by atoms with Gasteiger partial charge in [-0.2, -0.15) is 0 Å². The van der Waals surface area contributed by atoms with Gasteiger partial charge in [0.1, 0.15) is 5.60 Å². The van der Waals surface area contributed by atoms with Crippen LogP contribution in [0.1, 0.15) is 38.4 Å². The van der Waals surface area contributed by atoms with Crippen LogP contribution in [0.15, 0.2) is 42.5 Å². The van der Waals surface area contributed by atoms with Gasteiger partial charge in [0.25, 0.3) is 0 Å². The molecule has 1 aliphatic rings. The first-order valence-corrected chi connectivity index (χ1v) is 6.42. The monoisotopic (exact) mass is 240 g/mol. The molecule has 1 heterocycles. The van der Waals surface area contributed by atoms with Crippen LogP contribution in [-0.2, 0) is 4.74 Å². The summed E-state index contributed by atoms with van der Waals surface area (Å²) in [5.41, 5.74) is 1.90. The average molecular weight is 240 g/mol. The third-order valence-corrected chi connectivity index (χ3v) is 3.75. The van der Waals surface area contributed by atoms with Crippen molar-refractivity contribution in [1.82, 2.24) is 0 Å². The van der Waals surface area contributed by atoms with Gasteiger partial charge in [0.05, 0.1) is 6.10 Å². The van der Waals surface area contributed by atoms with Crippen LogP contribution in [-0.4, -0.2) is 5.60 Å². The molecule has 0 bridgehead atoms. The molecule has 1 fully saturated rings. The highest BCUT2D eigenvalue weighted by molar-refractivity contribution is 5.23. The third-order valence-electron chi connectivity index (χ3n) is 3.75. The van der Waals surface area contributed by atoms with E-state index in [1.807, 2.05) is 25.1 Å². The van der Waals surface area contributed by atoms with Gasteiger partial charge in [-0.1, -0.05) is 48.4 Å².